The van der Waals surface area contributed by atoms with Crippen LogP contribution in [0.15, 0.2) is 29.4 Å². The Labute approximate surface area is 106 Å². The maximum atomic E-state index is 10.5. The van der Waals surface area contributed by atoms with Crippen LogP contribution in [0.3, 0.4) is 0 Å². The van der Waals surface area contributed by atoms with Gasteiger partial charge in [-0.05, 0) is 35.9 Å². The first-order valence-corrected chi connectivity index (χ1v) is 6.02. The number of rotatable bonds is 7. The van der Waals surface area contributed by atoms with E-state index in [1.165, 1.54) is 5.56 Å². The third-order valence-corrected chi connectivity index (χ3v) is 2.83. The normalized spacial score (nSPS) is 11.6. The molecule has 1 unspecified atom stereocenters. The van der Waals surface area contributed by atoms with E-state index in [1.807, 2.05) is 24.3 Å². The Morgan fingerprint density at radius 2 is 2.11 bits per heavy atom. The number of hydrogen-bond donors (Lipinski definition) is 1. The lowest BCUT2D eigenvalue weighted by atomic mass is 10.00. The minimum Gasteiger partial charge on any atom is -0.481 e. The van der Waals surface area contributed by atoms with Crippen LogP contribution < -0.4 is 0 Å². The Kier molecular flexibility index (Phi) is 5.74. The summed E-state index contributed by atoms with van der Waals surface area (Å²) in [6.07, 6.45) is 2.13. The molecule has 0 fully saturated rings. The quantitative estimate of drug-likeness (QED) is 0.450. The standard InChI is InChI=1S/C13H17N3O2/c1-2-10-6-8-11(9-7-10)12(15-16-14)4-3-5-13(17)18/h6-9,12H,2-5H2,1H3,(H,17,18). The molecule has 0 heterocycles. The zero-order valence-corrected chi connectivity index (χ0v) is 10.4. The van der Waals surface area contributed by atoms with E-state index in [9.17, 15) is 4.79 Å². The summed E-state index contributed by atoms with van der Waals surface area (Å²) >= 11 is 0. The number of hydrogen-bond acceptors (Lipinski definition) is 2. The first-order chi connectivity index (χ1) is 8.67. The number of carboxylic acids is 1. The minimum absolute atomic E-state index is 0.102. The van der Waals surface area contributed by atoms with Gasteiger partial charge in [0.1, 0.15) is 0 Å². The lowest BCUT2D eigenvalue weighted by Gasteiger charge is -2.11. The Bertz CT molecular complexity index is 436. The van der Waals surface area contributed by atoms with Crippen LogP contribution in [-0.4, -0.2) is 11.1 Å². The van der Waals surface area contributed by atoms with Crippen LogP contribution in [0, 0.1) is 0 Å². The Balaban J connectivity index is 2.70. The van der Waals surface area contributed by atoms with Gasteiger partial charge in [0.15, 0.2) is 0 Å². The first-order valence-electron chi connectivity index (χ1n) is 6.02. The van der Waals surface area contributed by atoms with E-state index < -0.39 is 5.97 Å². The van der Waals surface area contributed by atoms with Crippen molar-refractivity contribution in [3.8, 4) is 0 Å². The molecule has 0 bridgehead atoms. The van der Waals surface area contributed by atoms with Gasteiger partial charge in [0.2, 0.25) is 0 Å². The molecule has 1 rings (SSSR count). The summed E-state index contributed by atoms with van der Waals surface area (Å²) in [7, 11) is 0. The van der Waals surface area contributed by atoms with Gasteiger partial charge in [0.05, 0.1) is 6.04 Å². The summed E-state index contributed by atoms with van der Waals surface area (Å²) < 4.78 is 0. The fraction of sp³-hybridized carbons (Fsp3) is 0.462. The van der Waals surface area contributed by atoms with Crippen molar-refractivity contribution in [3.05, 3.63) is 45.8 Å². The van der Waals surface area contributed by atoms with Gasteiger partial charge in [-0.3, -0.25) is 4.79 Å². The molecule has 0 amide bonds. The highest BCUT2D eigenvalue weighted by molar-refractivity contribution is 5.66. The van der Waals surface area contributed by atoms with E-state index in [-0.39, 0.29) is 12.5 Å². The molecule has 0 spiro atoms. The molecule has 0 radical (unpaired) electrons. The van der Waals surface area contributed by atoms with Gasteiger partial charge in [-0.1, -0.05) is 36.3 Å². The van der Waals surface area contributed by atoms with Gasteiger partial charge in [-0.25, -0.2) is 0 Å². The van der Waals surface area contributed by atoms with Crippen molar-refractivity contribution in [2.24, 2.45) is 5.11 Å². The number of aliphatic carboxylic acids is 1. The van der Waals surface area contributed by atoms with Gasteiger partial charge in [-0.2, -0.15) is 0 Å². The molecule has 1 aromatic rings. The lowest BCUT2D eigenvalue weighted by Crippen LogP contribution is -1.99. The van der Waals surface area contributed by atoms with E-state index in [2.05, 4.69) is 16.9 Å². The van der Waals surface area contributed by atoms with Crippen LogP contribution >= 0.6 is 0 Å². The molecule has 18 heavy (non-hydrogen) atoms. The van der Waals surface area contributed by atoms with E-state index in [0.717, 1.165) is 12.0 Å². The number of carbonyl (C=O) groups is 1. The molecule has 5 nitrogen and oxygen atoms in total. The second-order valence-corrected chi connectivity index (χ2v) is 4.10. The highest BCUT2D eigenvalue weighted by Crippen LogP contribution is 2.24. The average molecular weight is 247 g/mol. The average Bonchev–Trinajstić information content (AvgIpc) is 2.37. The van der Waals surface area contributed by atoms with Crippen molar-refractivity contribution in [2.45, 2.75) is 38.6 Å². The molecule has 0 aliphatic heterocycles. The predicted molar refractivity (Wildman–Crippen MR) is 69.2 cm³/mol. The van der Waals surface area contributed by atoms with Gasteiger partial charge in [0.25, 0.3) is 0 Å². The van der Waals surface area contributed by atoms with Crippen LogP contribution in [0.1, 0.15) is 43.4 Å². The van der Waals surface area contributed by atoms with Gasteiger partial charge < -0.3 is 5.11 Å². The molecule has 96 valence electrons. The fourth-order valence-corrected chi connectivity index (χ4v) is 1.78. The van der Waals surface area contributed by atoms with Crippen molar-refractivity contribution in [1.82, 2.24) is 0 Å². The van der Waals surface area contributed by atoms with Crippen molar-refractivity contribution in [1.29, 1.82) is 0 Å². The van der Waals surface area contributed by atoms with Crippen LogP contribution in [0.5, 0.6) is 0 Å². The van der Waals surface area contributed by atoms with Crippen molar-refractivity contribution in [2.75, 3.05) is 0 Å². The molecule has 0 saturated heterocycles. The van der Waals surface area contributed by atoms with E-state index in [0.29, 0.717) is 12.8 Å². The van der Waals surface area contributed by atoms with Crippen molar-refractivity contribution in [3.63, 3.8) is 0 Å². The molecule has 5 heteroatoms. The molecular weight excluding hydrogens is 230 g/mol. The topological polar surface area (TPSA) is 86.1 Å². The first kappa shape index (κ1) is 14.1. The molecule has 0 saturated carbocycles. The summed E-state index contributed by atoms with van der Waals surface area (Å²) in [4.78, 5) is 13.3. The Morgan fingerprint density at radius 3 is 2.61 bits per heavy atom. The SMILES string of the molecule is CCc1ccc(C(CCCC(=O)O)N=[N+]=[N-])cc1. The second-order valence-electron chi connectivity index (χ2n) is 4.10. The molecule has 0 aromatic heterocycles. The largest absolute Gasteiger partial charge is 0.481 e. The number of carboxylic acid groups (broad SMARTS) is 1. The highest BCUT2D eigenvalue weighted by Gasteiger charge is 2.10. The third-order valence-electron chi connectivity index (χ3n) is 2.83. The van der Waals surface area contributed by atoms with Gasteiger partial charge >= 0.3 is 5.97 Å². The zero-order chi connectivity index (χ0) is 13.4. The lowest BCUT2D eigenvalue weighted by molar-refractivity contribution is -0.137. The van der Waals surface area contributed by atoms with E-state index in [1.54, 1.807) is 0 Å². The van der Waals surface area contributed by atoms with Crippen molar-refractivity contribution < 1.29 is 9.90 Å². The molecule has 1 atom stereocenters. The van der Waals surface area contributed by atoms with Crippen LogP contribution in [0.2, 0.25) is 0 Å². The number of azide groups is 1. The van der Waals surface area contributed by atoms with Gasteiger partial charge in [0, 0.05) is 11.3 Å². The number of aryl methyl sites for hydroxylation is 1. The van der Waals surface area contributed by atoms with E-state index >= 15 is 0 Å². The van der Waals surface area contributed by atoms with Crippen molar-refractivity contribution >= 4 is 5.97 Å². The molecule has 0 aliphatic rings. The Hall–Kier alpha value is -2.00. The maximum Gasteiger partial charge on any atom is 0.303 e. The fourth-order valence-electron chi connectivity index (χ4n) is 1.78. The minimum atomic E-state index is -0.823. The smallest absolute Gasteiger partial charge is 0.303 e. The summed E-state index contributed by atoms with van der Waals surface area (Å²) in [6, 6.07) is 7.62. The summed E-state index contributed by atoms with van der Waals surface area (Å²) in [5, 5.41) is 12.3. The third kappa shape index (κ3) is 4.47. The number of benzene rings is 1. The van der Waals surface area contributed by atoms with Gasteiger partial charge in [-0.15, -0.1) is 0 Å². The van der Waals surface area contributed by atoms with E-state index in [4.69, 9.17) is 10.6 Å². The van der Waals surface area contributed by atoms with Crippen LogP contribution in [0.25, 0.3) is 10.4 Å². The maximum absolute atomic E-state index is 10.5. The molecule has 1 N–H and O–H groups in total. The molecule has 1 aromatic carbocycles. The summed E-state index contributed by atoms with van der Waals surface area (Å²) in [6.45, 7) is 2.08. The highest BCUT2D eigenvalue weighted by atomic mass is 16.4. The van der Waals surface area contributed by atoms with Crippen LogP contribution in [-0.2, 0) is 11.2 Å². The zero-order valence-electron chi connectivity index (χ0n) is 10.4. The predicted octanol–water partition coefficient (Wildman–Crippen LogP) is 3.86. The second kappa shape index (κ2) is 7.35. The summed E-state index contributed by atoms with van der Waals surface area (Å²) in [5.41, 5.74) is 10.7. The Morgan fingerprint density at radius 1 is 1.44 bits per heavy atom. The molecule has 0 aliphatic carbocycles. The number of nitrogens with zero attached hydrogens (tertiary/aromatic N) is 3. The van der Waals surface area contributed by atoms with Crippen LogP contribution in [0.4, 0.5) is 0 Å². The monoisotopic (exact) mass is 247 g/mol. The summed E-state index contributed by atoms with van der Waals surface area (Å²) in [5.74, 6) is -0.823. The molecular formula is C13H17N3O2.